The first kappa shape index (κ1) is 13.4. The van der Waals surface area contributed by atoms with Crippen molar-refractivity contribution >= 4 is 11.6 Å². The van der Waals surface area contributed by atoms with E-state index in [-0.39, 0.29) is 6.04 Å². The molecular weight excluding hydrogens is 250 g/mol. The Morgan fingerprint density at radius 1 is 1.40 bits per heavy atom. The molecular formula is C15H23N5. The van der Waals surface area contributed by atoms with Crippen LogP contribution >= 0.6 is 0 Å². The van der Waals surface area contributed by atoms with Crippen LogP contribution in [0, 0.1) is 12.8 Å². The molecule has 20 heavy (non-hydrogen) atoms. The zero-order chi connectivity index (χ0) is 13.9. The monoisotopic (exact) mass is 273 g/mol. The van der Waals surface area contributed by atoms with E-state index < -0.39 is 0 Å². The third kappa shape index (κ3) is 2.77. The van der Waals surface area contributed by atoms with Gasteiger partial charge in [-0.05, 0) is 43.4 Å². The fourth-order valence-corrected chi connectivity index (χ4v) is 3.12. The number of hydrogen-bond donors (Lipinski definition) is 2. The first-order valence-electron chi connectivity index (χ1n) is 7.56. The number of nitrogens with two attached hydrogens (primary N) is 1. The summed E-state index contributed by atoms with van der Waals surface area (Å²) in [6.45, 7) is 2.70. The van der Waals surface area contributed by atoms with Crippen LogP contribution in [0.5, 0.6) is 0 Å². The molecule has 1 fully saturated rings. The minimum absolute atomic E-state index is 0.286. The highest BCUT2D eigenvalue weighted by Crippen LogP contribution is 2.27. The van der Waals surface area contributed by atoms with E-state index in [0.717, 1.165) is 5.65 Å². The van der Waals surface area contributed by atoms with Gasteiger partial charge in [-0.1, -0.05) is 19.3 Å². The summed E-state index contributed by atoms with van der Waals surface area (Å²) in [5, 5.41) is 7.91. The van der Waals surface area contributed by atoms with E-state index in [4.69, 9.17) is 5.73 Å². The molecule has 2 aromatic rings. The number of nitrogens with one attached hydrogen (secondary N) is 1. The number of aromatic nitrogens is 3. The van der Waals surface area contributed by atoms with Gasteiger partial charge in [0.05, 0.1) is 0 Å². The SMILES string of the molecule is Cc1ccn2nc(NC(CN)C3CCCCC3)nc2c1. The lowest BCUT2D eigenvalue weighted by Gasteiger charge is -2.29. The Balaban J connectivity index is 1.76. The lowest BCUT2D eigenvalue weighted by Crippen LogP contribution is -2.37. The van der Waals surface area contributed by atoms with Crippen molar-refractivity contribution < 1.29 is 0 Å². The smallest absolute Gasteiger partial charge is 0.243 e. The molecule has 0 aliphatic heterocycles. The zero-order valence-electron chi connectivity index (χ0n) is 12.0. The summed E-state index contributed by atoms with van der Waals surface area (Å²) in [4.78, 5) is 4.54. The molecule has 0 radical (unpaired) electrons. The summed E-state index contributed by atoms with van der Waals surface area (Å²) < 4.78 is 1.81. The van der Waals surface area contributed by atoms with Crippen molar-refractivity contribution in [1.29, 1.82) is 0 Å². The maximum Gasteiger partial charge on any atom is 0.243 e. The Hall–Kier alpha value is -1.62. The van der Waals surface area contributed by atoms with Crippen molar-refractivity contribution in [2.45, 2.75) is 45.1 Å². The molecule has 5 nitrogen and oxygen atoms in total. The fourth-order valence-electron chi connectivity index (χ4n) is 3.12. The third-order valence-electron chi connectivity index (χ3n) is 4.28. The van der Waals surface area contributed by atoms with Gasteiger partial charge in [0, 0.05) is 18.8 Å². The average molecular weight is 273 g/mol. The summed E-state index contributed by atoms with van der Waals surface area (Å²) in [5.74, 6) is 1.35. The summed E-state index contributed by atoms with van der Waals surface area (Å²) in [6, 6.07) is 4.36. The summed E-state index contributed by atoms with van der Waals surface area (Å²) >= 11 is 0. The molecule has 1 aliphatic rings. The number of anilines is 1. The largest absolute Gasteiger partial charge is 0.349 e. The molecule has 2 aromatic heterocycles. The summed E-state index contributed by atoms with van der Waals surface area (Å²) in [6.07, 6.45) is 8.48. The topological polar surface area (TPSA) is 68.2 Å². The van der Waals surface area contributed by atoms with Gasteiger partial charge in [-0.15, -0.1) is 5.10 Å². The van der Waals surface area contributed by atoms with Gasteiger partial charge in [-0.3, -0.25) is 0 Å². The molecule has 1 aliphatic carbocycles. The highest BCUT2D eigenvalue weighted by molar-refractivity contribution is 5.45. The number of pyridine rings is 1. The Kier molecular flexibility index (Phi) is 3.87. The van der Waals surface area contributed by atoms with Crippen LogP contribution in [-0.4, -0.2) is 27.2 Å². The highest BCUT2D eigenvalue weighted by Gasteiger charge is 2.23. The lowest BCUT2D eigenvalue weighted by molar-refractivity contribution is 0.320. The van der Waals surface area contributed by atoms with Crippen molar-refractivity contribution in [3.05, 3.63) is 23.9 Å². The average Bonchev–Trinajstić information content (AvgIpc) is 2.87. The number of fused-ring (bicyclic) bond motifs is 1. The second-order valence-corrected chi connectivity index (χ2v) is 5.83. The van der Waals surface area contributed by atoms with E-state index in [0.29, 0.717) is 18.4 Å². The Labute approximate surface area is 119 Å². The molecule has 108 valence electrons. The molecule has 1 atom stereocenters. The van der Waals surface area contributed by atoms with E-state index in [2.05, 4.69) is 22.3 Å². The number of rotatable bonds is 4. The van der Waals surface area contributed by atoms with Gasteiger partial charge in [0.2, 0.25) is 5.95 Å². The fraction of sp³-hybridized carbons (Fsp3) is 0.600. The Morgan fingerprint density at radius 2 is 2.20 bits per heavy atom. The van der Waals surface area contributed by atoms with Gasteiger partial charge in [0.1, 0.15) is 0 Å². The molecule has 5 heteroatoms. The van der Waals surface area contributed by atoms with Gasteiger partial charge < -0.3 is 11.1 Å². The molecule has 0 amide bonds. The molecule has 3 N–H and O–H groups in total. The normalized spacial score (nSPS) is 18.3. The van der Waals surface area contributed by atoms with Crippen molar-refractivity contribution in [2.24, 2.45) is 11.7 Å². The van der Waals surface area contributed by atoms with Crippen molar-refractivity contribution in [3.63, 3.8) is 0 Å². The van der Waals surface area contributed by atoms with Crippen LogP contribution in [0.2, 0.25) is 0 Å². The predicted molar refractivity (Wildman–Crippen MR) is 80.8 cm³/mol. The summed E-state index contributed by atoms with van der Waals surface area (Å²) in [5.41, 5.74) is 8.02. The first-order chi connectivity index (χ1) is 9.76. The van der Waals surface area contributed by atoms with Gasteiger partial charge >= 0.3 is 0 Å². The van der Waals surface area contributed by atoms with Crippen LogP contribution in [0.3, 0.4) is 0 Å². The van der Waals surface area contributed by atoms with Crippen LogP contribution in [0.15, 0.2) is 18.3 Å². The number of hydrogen-bond acceptors (Lipinski definition) is 4. The van der Waals surface area contributed by atoms with Gasteiger partial charge in [0.15, 0.2) is 5.65 Å². The minimum atomic E-state index is 0.286. The molecule has 0 aromatic carbocycles. The lowest BCUT2D eigenvalue weighted by atomic mass is 9.84. The first-order valence-corrected chi connectivity index (χ1v) is 7.56. The van der Waals surface area contributed by atoms with E-state index in [1.165, 1.54) is 37.7 Å². The van der Waals surface area contributed by atoms with Gasteiger partial charge in [-0.25, -0.2) is 4.52 Å². The number of aryl methyl sites for hydroxylation is 1. The van der Waals surface area contributed by atoms with Gasteiger partial charge in [0.25, 0.3) is 0 Å². The molecule has 1 saturated carbocycles. The molecule has 2 heterocycles. The standard InChI is InChI=1S/C15H23N5/c1-11-7-8-20-14(9-11)18-15(19-20)17-13(10-16)12-5-3-2-4-6-12/h7-9,12-13H,2-6,10,16H2,1H3,(H,17,19). The Morgan fingerprint density at radius 3 is 2.95 bits per heavy atom. The van der Waals surface area contributed by atoms with Crippen LogP contribution < -0.4 is 11.1 Å². The van der Waals surface area contributed by atoms with Crippen LogP contribution in [0.4, 0.5) is 5.95 Å². The maximum atomic E-state index is 5.94. The van der Waals surface area contributed by atoms with Crippen molar-refractivity contribution in [3.8, 4) is 0 Å². The molecule has 1 unspecified atom stereocenters. The third-order valence-corrected chi connectivity index (χ3v) is 4.28. The van der Waals surface area contributed by atoms with Crippen molar-refractivity contribution in [1.82, 2.24) is 14.6 Å². The van der Waals surface area contributed by atoms with Crippen LogP contribution in [0.25, 0.3) is 5.65 Å². The molecule has 3 rings (SSSR count). The van der Waals surface area contributed by atoms with E-state index in [1.807, 2.05) is 22.8 Å². The van der Waals surface area contributed by atoms with E-state index >= 15 is 0 Å². The second kappa shape index (κ2) is 5.79. The summed E-state index contributed by atoms with van der Waals surface area (Å²) in [7, 11) is 0. The number of nitrogens with zero attached hydrogens (tertiary/aromatic N) is 3. The quantitative estimate of drug-likeness (QED) is 0.897. The maximum absolute atomic E-state index is 5.94. The van der Waals surface area contributed by atoms with Crippen LogP contribution in [-0.2, 0) is 0 Å². The Bertz CT molecular complexity index is 571. The van der Waals surface area contributed by atoms with Crippen molar-refractivity contribution in [2.75, 3.05) is 11.9 Å². The minimum Gasteiger partial charge on any atom is -0.349 e. The predicted octanol–water partition coefficient (Wildman–Crippen LogP) is 2.36. The van der Waals surface area contributed by atoms with E-state index in [1.54, 1.807) is 0 Å². The molecule has 0 saturated heterocycles. The highest BCUT2D eigenvalue weighted by atomic mass is 15.3. The molecule has 0 spiro atoms. The zero-order valence-corrected chi connectivity index (χ0v) is 12.0. The second-order valence-electron chi connectivity index (χ2n) is 5.83. The van der Waals surface area contributed by atoms with Crippen LogP contribution in [0.1, 0.15) is 37.7 Å². The van der Waals surface area contributed by atoms with Gasteiger partial charge in [-0.2, -0.15) is 4.98 Å². The molecule has 0 bridgehead atoms. The van der Waals surface area contributed by atoms with E-state index in [9.17, 15) is 0 Å².